The van der Waals surface area contributed by atoms with E-state index < -0.39 is 18.4 Å². The zero-order valence-electron chi connectivity index (χ0n) is 13.8. The van der Waals surface area contributed by atoms with Crippen molar-refractivity contribution in [3.8, 4) is 22.8 Å². The monoisotopic (exact) mass is 353 g/mol. The van der Waals surface area contributed by atoms with Gasteiger partial charge in [-0.25, -0.2) is 4.98 Å². The molecule has 0 unspecified atom stereocenters. The second-order valence-corrected chi connectivity index (χ2v) is 5.36. The zero-order chi connectivity index (χ0) is 18.7. The summed E-state index contributed by atoms with van der Waals surface area (Å²) in [7, 11) is 1.55. The molecule has 0 saturated carbocycles. The van der Waals surface area contributed by atoms with Gasteiger partial charge in [-0.15, -0.1) is 0 Å². The van der Waals surface area contributed by atoms with E-state index in [0.717, 1.165) is 5.56 Å². The lowest BCUT2D eigenvalue weighted by molar-refractivity contribution is -0.135. The first-order valence-corrected chi connectivity index (χ1v) is 7.63. The van der Waals surface area contributed by atoms with Crippen LogP contribution in [0.2, 0.25) is 0 Å². The van der Waals surface area contributed by atoms with E-state index in [1.54, 1.807) is 13.2 Å². The summed E-state index contributed by atoms with van der Waals surface area (Å²) in [5, 5.41) is 20.9. The normalized spacial score (nSPS) is 10.5. The molecule has 0 saturated heterocycles. The molecule has 1 aromatic heterocycles. The minimum Gasteiger partial charge on any atom is -0.507 e. The number of nitrogens with one attached hydrogen (secondary N) is 1. The molecule has 0 spiro atoms. The van der Waals surface area contributed by atoms with Crippen molar-refractivity contribution in [1.29, 1.82) is 0 Å². The number of methoxy groups -OCH3 is 1. The quantitative estimate of drug-likeness (QED) is 0.639. The summed E-state index contributed by atoms with van der Waals surface area (Å²) in [4.78, 5) is 31.6. The van der Waals surface area contributed by atoms with Gasteiger partial charge >= 0.3 is 5.97 Å². The van der Waals surface area contributed by atoms with Gasteiger partial charge in [0.1, 0.15) is 29.1 Å². The molecular formula is C18H15N3O5. The largest absolute Gasteiger partial charge is 0.507 e. The minimum absolute atomic E-state index is 0.122. The lowest BCUT2D eigenvalue weighted by Crippen LogP contribution is -2.29. The Morgan fingerprint density at radius 1 is 1.19 bits per heavy atom. The Bertz CT molecular complexity index is 1000. The fourth-order valence-corrected chi connectivity index (χ4v) is 2.53. The second-order valence-electron chi connectivity index (χ2n) is 5.36. The highest BCUT2D eigenvalue weighted by molar-refractivity contribution is 6.08. The van der Waals surface area contributed by atoms with Crippen molar-refractivity contribution in [2.24, 2.45) is 0 Å². The van der Waals surface area contributed by atoms with Crippen LogP contribution in [-0.4, -0.2) is 45.7 Å². The van der Waals surface area contributed by atoms with E-state index in [4.69, 9.17) is 9.84 Å². The zero-order valence-corrected chi connectivity index (χ0v) is 13.8. The van der Waals surface area contributed by atoms with Gasteiger partial charge in [0.15, 0.2) is 0 Å². The fourth-order valence-electron chi connectivity index (χ4n) is 2.53. The van der Waals surface area contributed by atoms with Crippen LogP contribution in [0.15, 0.2) is 42.6 Å². The van der Waals surface area contributed by atoms with Crippen LogP contribution in [0.25, 0.3) is 22.3 Å². The predicted molar refractivity (Wildman–Crippen MR) is 93.2 cm³/mol. The van der Waals surface area contributed by atoms with Gasteiger partial charge in [-0.1, -0.05) is 12.1 Å². The molecule has 8 heteroatoms. The van der Waals surface area contributed by atoms with Crippen LogP contribution in [0.1, 0.15) is 10.4 Å². The number of aromatic hydroxyl groups is 1. The molecule has 0 bridgehead atoms. The molecule has 0 atom stereocenters. The molecule has 3 N–H and O–H groups in total. The van der Waals surface area contributed by atoms with Gasteiger partial charge in [0.05, 0.1) is 24.5 Å². The SMILES string of the molecule is COc1ccccc1-c1cnc2c(C(=O)NCC(=O)O)c(O)ccc2n1. The summed E-state index contributed by atoms with van der Waals surface area (Å²) < 4.78 is 5.32. The van der Waals surface area contributed by atoms with Crippen LogP contribution in [0.5, 0.6) is 11.5 Å². The Hall–Kier alpha value is -3.68. The predicted octanol–water partition coefficient (Wildman–Crippen LogP) is 1.83. The number of aromatic nitrogens is 2. The molecule has 3 rings (SSSR count). The van der Waals surface area contributed by atoms with Crippen molar-refractivity contribution in [2.45, 2.75) is 0 Å². The van der Waals surface area contributed by atoms with E-state index in [2.05, 4.69) is 15.3 Å². The molecular weight excluding hydrogens is 338 g/mol. The second kappa shape index (κ2) is 7.06. The van der Waals surface area contributed by atoms with Crippen LogP contribution < -0.4 is 10.1 Å². The number of carbonyl (C=O) groups excluding carboxylic acids is 1. The highest BCUT2D eigenvalue weighted by atomic mass is 16.5. The van der Waals surface area contributed by atoms with Crippen molar-refractivity contribution in [1.82, 2.24) is 15.3 Å². The molecule has 1 amide bonds. The maximum absolute atomic E-state index is 12.2. The van der Waals surface area contributed by atoms with E-state index in [1.165, 1.54) is 18.3 Å². The van der Waals surface area contributed by atoms with Crippen LogP contribution in [0.4, 0.5) is 0 Å². The average Bonchev–Trinajstić information content (AvgIpc) is 2.65. The maximum atomic E-state index is 12.2. The number of phenols is 1. The molecule has 0 fully saturated rings. The first-order valence-electron chi connectivity index (χ1n) is 7.63. The molecule has 8 nitrogen and oxygen atoms in total. The van der Waals surface area contributed by atoms with Crippen LogP contribution in [0, 0.1) is 0 Å². The number of benzene rings is 2. The summed E-state index contributed by atoms with van der Waals surface area (Å²) in [5.74, 6) is -1.61. The number of nitrogens with zero attached hydrogens (tertiary/aromatic N) is 2. The molecule has 132 valence electrons. The summed E-state index contributed by atoms with van der Waals surface area (Å²) in [5.41, 5.74) is 1.70. The van der Waals surface area contributed by atoms with Gasteiger partial charge in [-0.05, 0) is 24.3 Å². The molecule has 3 aromatic rings. The fraction of sp³-hybridized carbons (Fsp3) is 0.111. The van der Waals surface area contributed by atoms with Crippen molar-refractivity contribution < 1.29 is 24.5 Å². The van der Waals surface area contributed by atoms with Gasteiger partial charge in [-0.2, -0.15) is 0 Å². The highest BCUT2D eigenvalue weighted by Gasteiger charge is 2.19. The van der Waals surface area contributed by atoms with Crippen LogP contribution in [0.3, 0.4) is 0 Å². The van der Waals surface area contributed by atoms with Gasteiger partial charge in [-0.3, -0.25) is 14.6 Å². The molecule has 0 aliphatic heterocycles. The molecule has 1 heterocycles. The van der Waals surface area contributed by atoms with Gasteiger partial charge in [0.25, 0.3) is 5.91 Å². The number of aliphatic carboxylic acids is 1. The summed E-state index contributed by atoms with van der Waals surface area (Å²) in [6.07, 6.45) is 1.47. The third kappa shape index (κ3) is 3.25. The van der Waals surface area contributed by atoms with E-state index in [-0.39, 0.29) is 16.8 Å². The number of rotatable bonds is 5. The molecule has 26 heavy (non-hydrogen) atoms. The lowest BCUT2D eigenvalue weighted by atomic mass is 10.1. The maximum Gasteiger partial charge on any atom is 0.322 e. The number of phenolic OH excluding ortho intramolecular Hbond substituents is 1. The van der Waals surface area contributed by atoms with Crippen LogP contribution in [-0.2, 0) is 4.79 Å². The van der Waals surface area contributed by atoms with E-state index >= 15 is 0 Å². The topological polar surface area (TPSA) is 122 Å². The Morgan fingerprint density at radius 2 is 1.96 bits per heavy atom. The first kappa shape index (κ1) is 17.2. The summed E-state index contributed by atoms with van der Waals surface area (Å²) in [6.45, 7) is -0.568. The number of para-hydroxylation sites is 1. The number of carboxylic acid groups (broad SMARTS) is 1. The Labute approximate surface area is 148 Å². The lowest BCUT2D eigenvalue weighted by Gasteiger charge is -2.10. The van der Waals surface area contributed by atoms with E-state index in [0.29, 0.717) is 17.0 Å². The summed E-state index contributed by atoms with van der Waals surface area (Å²) in [6, 6.07) is 10.1. The number of hydrogen-bond acceptors (Lipinski definition) is 6. The average molecular weight is 353 g/mol. The number of fused-ring (bicyclic) bond motifs is 1. The number of amides is 1. The smallest absolute Gasteiger partial charge is 0.322 e. The molecule has 0 radical (unpaired) electrons. The van der Waals surface area contributed by atoms with Crippen molar-refractivity contribution in [3.63, 3.8) is 0 Å². The first-order chi connectivity index (χ1) is 12.5. The summed E-state index contributed by atoms with van der Waals surface area (Å²) >= 11 is 0. The number of ether oxygens (including phenoxy) is 1. The third-order valence-electron chi connectivity index (χ3n) is 3.70. The van der Waals surface area contributed by atoms with Crippen molar-refractivity contribution in [2.75, 3.05) is 13.7 Å². The van der Waals surface area contributed by atoms with Gasteiger partial charge in [0, 0.05) is 5.56 Å². The van der Waals surface area contributed by atoms with E-state index in [9.17, 15) is 14.7 Å². The molecule has 2 aromatic carbocycles. The Kier molecular flexibility index (Phi) is 4.66. The highest BCUT2D eigenvalue weighted by Crippen LogP contribution is 2.30. The third-order valence-corrected chi connectivity index (χ3v) is 3.70. The molecule has 0 aliphatic carbocycles. The van der Waals surface area contributed by atoms with Gasteiger partial charge < -0.3 is 20.3 Å². The van der Waals surface area contributed by atoms with E-state index in [1.807, 2.05) is 18.2 Å². The molecule has 0 aliphatic rings. The Morgan fingerprint density at radius 3 is 2.69 bits per heavy atom. The number of hydrogen-bond donors (Lipinski definition) is 3. The van der Waals surface area contributed by atoms with Crippen molar-refractivity contribution in [3.05, 3.63) is 48.2 Å². The number of carboxylic acids is 1. The van der Waals surface area contributed by atoms with Gasteiger partial charge in [0.2, 0.25) is 0 Å². The van der Waals surface area contributed by atoms with Crippen molar-refractivity contribution >= 4 is 22.9 Å². The van der Waals surface area contributed by atoms with Crippen LogP contribution >= 0.6 is 0 Å². The number of carbonyl (C=O) groups is 2. The minimum atomic E-state index is -1.19. The Balaban J connectivity index is 2.08. The standard InChI is InChI=1S/C18H15N3O5/c1-26-14-5-3-2-4-10(14)12-8-19-17-11(21-12)6-7-13(22)16(17)18(25)20-9-15(23)24/h2-8,22H,9H2,1H3,(H,20,25)(H,23,24).